The normalized spacial score (nSPS) is 12.1. The highest BCUT2D eigenvalue weighted by Crippen LogP contribution is 2.11. The maximum Gasteiger partial charge on any atom is 0.308 e. The van der Waals surface area contributed by atoms with Crippen molar-refractivity contribution in [2.24, 2.45) is 0 Å². The highest BCUT2D eigenvalue weighted by Gasteiger charge is 2.18. The number of esters is 1. The molecule has 2 aromatic carbocycles. The molecule has 0 heterocycles. The summed E-state index contributed by atoms with van der Waals surface area (Å²) in [4.78, 5) is 26.6. The molecule has 0 unspecified atom stereocenters. The van der Waals surface area contributed by atoms with Crippen molar-refractivity contribution in [3.05, 3.63) is 77.6 Å². The van der Waals surface area contributed by atoms with Crippen LogP contribution in [0.3, 0.4) is 0 Å². The van der Waals surface area contributed by atoms with Crippen molar-refractivity contribution >= 4 is 18.0 Å². The Morgan fingerprint density at radius 3 is 2.49 bits per heavy atom. The number of hydrogen-bond acceptors (Lipinski definition) is 4. The molecule has 2 aromatic rings. The zero-order chi connectivity index (χ0) is 25.3. The van der Waals surface area contributed by atoms with Gasteiger partial charge in [-0.05, 0) is 56.6 Å². The summed E-state index contributed by atoms with van der Waals surface area (Å²) in [5.41, 5.74) is 1.82. The average molecular weight is 483 g/mol. The fourth-order valence-electron chi connectivity index (χ4n) is 3.81. The van der Waals surface area contributed by atoms with Crippen LogP contribution in [0.15, 0.2) is 60.7 Å². The van der Waals surface area contributed by atoms with E-state index in [1.165, 1.54) is 12.1 Å². The number of rotatable bonds is 16. The lowest BCUT2D eigenvalue weighted by Crippen LogP contribution is -2.43. The molecule has 1 N–H and O–H groups in total. The Morgan fingerprint density at radius 2 is 1.74 bits per heavy atom. The van der Waals surface area contributed by atoms with E-state index in [1.807, 2.05) is 61.5 Å². The first-order chi connectivity index (χ1) is 16.9. The first-order valence-corrected chi connectivity index (χ1v) is 12.5. The Balaban J connectivity index is 1.58. The van der Waals surface area contributed by atoms with Crippen LogP contribution in [0.5, 0.6) is 0 Å². The van der Waals surface area contributed by atoms with Gasteiger partial charge in [-0.25, -0.2) is 4.39 Å². The summed E-state index contributed by atoms with van der Waals surface area (Å²) in [5, 5.41) is 3.00. The van der Waals surface area contributed by atoms with Crippen LogP contribution in [-0.2, 0) is 20.9 Å². The molecule has 2 rings (SSSR count). The number of benzene rings is 2. The lowest BCUT2D eigenvalue weighted by atomic mass is 10.1. The predicted octanol–water partition coefficient (Wildman–Crippen LogP) is 5.75. The van der Waals surface area contributed by atoms with E-state index in [0.717, 1.165) is 49.7 Å². The van der Waals surface area contributed by atoms with Crippen molar-refractivity contribution in [2.45, 2.75) is 64.0 Å². The summed E-state index contributed by atoms with van der Waals surface area (Å²) < 4.78 is 18.5. The van der Waals surface area contributed by atoms with Gasteiger partial charge >= 0.3 is 5.97 Å². The largest absolute Gasteiger partial charge is 0.461 e. The third-order valence-electron chi connectivity index (χ3n) is 5.54. The summed E-state index contributed by atoms with van der Waals surface area (Å²) in [5.74, 6) is -0.551. The molecule has 6 heteroatoms. The molecule has 0 aliphatic heterocycles. The molecule has 35 heavy (non-hydrogen) atoms. The minimum Gasteiger partial charge on any atom is -0.461 e. The van der Waals surface area contributed by atoms with Gasteiger partial charge < -0.3 is 15.0 Å². The van der Waals surface area contributed by atoms with Gasteiger partial charge in [0.15, 0.2) is 0 Å². The Labute approximate surface area is 209 Å². The molecular weight excluding hydrogens is 443 g/mol. The van der Waals surface area contributed by atoms with Crippen LogP contribution in [0.2, 0.25) is 0 Å². The first-order valence-electron chi connectivity index (χ1n) is 12.5. The second-order valence-corrected chi connectivity index (χ2v) is 9.14. The summed E-state index contributed by atoms with van der Waals surface area (Å²) in [6.07, 6.45) is 10.7. The van der Waals surface area contributed by atoms with Crippen LogP contribution in [-0.4, -0.2) is 43.5 Å². The van der Waals surface area contributed by atoms with Crippen molar-refractivity contribution in [3.8, 4) is 0 Å². The molecule has 1 amide bonds. The Kier molecular flexibility index (Phi) is 13.4. The third kappa shape index (κ3) is 13.5. The van der Waals surface area contributed by atoms with Crippen LogP contribution in [0.4, 0.5) is 4.39 Å². The zero-order valence-electron chi connectivity index (χ0n) is 21.0. The van der Waals surface area contributed by atoms with Crippen LogP contribution in [0.25, 0.3) is 6.08 Å². The number of amides is 1. The average Bonchev–Trinajstić information content (AvgIpc) is 2.82. The standard InChI is InChI=1S/C29H39FN2O3/c1-32(2)22-27(21-29(34)35-23-25-15-10-8-11-16-25)31-28(33)19-12-7-5-3-4-6-9-14-24-17-13-18-26(30)20-24/h8-11,13-18,20,27H,3-7,12,19,21-23H2,1-2H3,(H,31,33)/b14-9+/t27-/m1/s1. The molecule has 0 radical (unpaired) electrons. The molecule has 1 atom stereocenters. The van der Waals surface area contributed by atoms with Crippen molar-refractivity contribution in [1.82, 2.24) is 10.2 Å². The molecule has 5 nitrogen and oxygen atoms in total. The van der Waals surface area contributed by atoms with Crippen molar-refractivity contribution in [1.29, 1.82) is 0 Å². The lowest BCUT2D eigenvalue weighted by Gasteiger charge is -2.22. The van der Waals surface area contributed by atoms with E-state index in [2.05, 4.69) is 11.4 Å². The number of halogens is 1. The summed E-state index contributed by atoms with van der Waals surface area (Å²) in [7, 11) is 3.84. The molecule has 0 aromatic heterocycles. The molecular formula is C29H39FN2O3. The summed E-state index contributed by atoms with van der Waals surface area (Å²) in [6.45, 7) is 0.818. The van der Waals surface area contributed by atoms with Crippen LogP contribution >= 0.6 is 0 Å². The van der Waals surface area contributed by atoms with E-state index in [4.69, 9.17) is 4.74 Å². The molecule has 0 aliphatic carbocycles. The number of carbonyl (C=O) groups is 2. The maximum absolute atomic E-state index is 13.2. The fourth-order valence-corrected chi connectivity index (χ4v) is 3.81. The first kappa shape index (κ1) is 28.2. The van der Waals surface area contributed by atoms with Gasteiger partial charge in [0.05, 0.1) is 12.5 Å². The van der Waals surface area contributed by atoms with Gasteiger partial charge in [0.1, 0.15) is 12.4 Å². The van der Waals surface area contributed by atoms with Gasteiger partial charge in [-0.15, -0.1) is 0 Å². The number of hydrogen-bond donors (Lipinski definition) is 1. The second kappa shape index (κ2) is 16.6. The molecule has 190 valence electrons. The minimum absolute atomic E-state index is 0.0225. The van der Waals surface area contributed by atoms with Crippen LogP contribution in [0.1, 0.15) is 62.5 Å². The lowest BCUT2D eigenvalue weighted by molar-refractivity contribution is -0.145. The van der Waals surface area contributed by atoms with Gasteiger partial charge in [-0.3, -0.25) is 9.59 Å². The van der Waals surface area contributed by atoms with E-state index in [1.54, 1.807) is 6.07 Å². The molecule has 0 saturated carbocycles. The number of unbranched alkanes of at least 4 members (excludes halogenated alkanes) is 5. The topological polar surface area (TPSA) is 58.6 Å². The quantitative estimate of drug-likeness (QED) is 0.245. The highest BCUT2D eigenvalue weighted by molar-refractivity contribution is 5.77. The van der Waals surface area contributed by atoms with E-state index in [0.29, 0.717) is 13.0 Å². The van der Waals surface area contributed by atoms with Crippen molar-refractivity contribution in [3.63, 3.8) is 0 Å². The number of nitrogens with zero attached hydrogens (tertiary/aromatic N) is 1. The summed E-state index contributed by atoms with van der Waals surface area (Å²) in [6, 6.07) is 15.9. The van der Waals surface area contributed by atoms with Crippen molar-refractivity contribution < 1.29 is 18.7 Å². The number of allylic oxidation sites excluding steroid dienone is 1. The van der Waals surface area contributed by atoms with E-state index in [9.17, 15) is 14.0 Å². The highest BCUT2D eigenvalue weighted by atomic mass is 19.1. The monoisotopic (exact) mass is 482 g/mol. The number of nitrogens with one attached hydrogen (secondary N) is 1. The van der Waals surface area contributed by atoms with Gasteiger partial charge in [0.25, 0.3) is 0 Å². The van der Waals surface area contributed by atoms with Gasteiger partial charge in [-0.2, -0.15) is 0 Å². The van der Waals surface area contributed by atoms with E-state index >= 15 is 0 Å². The fraction of sp³-hybridized carbons (Fsp3) is 0.448. The predicted molar refractivity (Wildman–Crippen MR) is 139 cm³/mol. The van der Waals surface area contributed by atoms with Gasteiger partial charge in [-0.1, -0.05) is 73.9 Å². The SMILES string of the molecule is CN(C)C[C@@H](CC(=O)OCc1ccccc1)NC(=O)CCCCCCC/C=C/c1cccc(F)c1. The van der Waals surface area contributed by atoms with Crippen LogP contribution in [0, 0.1) is 5.82 Å². The Bertz CT molecular complexity index is 915. The zero-order valence-corrected chi connectivity index (χ0v) is 21.0. The minimum atomic E-state index is -0.313. The molecule has 0 spiro atoms. The second-order valence-electron chi connectivity index (χ2n) is 9.14. The molecule has 0 bridgehead atoms. The molecule has 0 fully saturated rings. The Morgan fingerprint density at radius 1 is 1.00 bits per heavy atom. The number of likely N-dealkylation sites (N-methyl/N-ethyl adjacent to an activating group) is 1. The van der Waals surface area contributed by atoms with Crippen molar-refractivity contribution in [2.75, 3.05) is 20.6 Å². The Hall–Kier alpha value is -2.99. The number of ether oxygens (including phenoxy) is 1. The van der Waals surface area contributed by atoms with E-state index in [-0.39, 0.29) is 36.8 Å². The van der Waals surface area contributed by atoms with Crippen LogP contribution < -0.4 is 5.32 Å². The third-order valence-corrected chi connectivity index (χ3v) is 5.54. The maximum atomic E-state index is 13.2. The number of carbonyl (C=O) groups excluding carboxylic acids is 2. The molecule has 0 saturated heterocycles. The van der Waals surface area contributed by atoms with Gasteiger partial charge in [0, 0.05) is 13.0 Å². The molecule has 0 aliphatic rings. The van der Waals surface area contributed by atoms with E-state index < -0.39 is 0 Å². The smallest absolute Gasteiger partial charge is 0.308 e. The van der Waals surface area contributed by atoms with Gasteiger partial charge in [0.2, 0.25) is 5.91 Å². The summed E-state index contributed by atoms with van der Waals surface area (Å²) >= 11 is 0.